The lowest BCUT2D eigenvalue weighted by Crippen LogP contribution is -2.74. The van der Waals surface area contributed by atoms with Crippen LogP contribution in [0.25, 0.3) is 44.5 Å². The van der Waals surface area contributed by atoms with Crippen LogP contribution in [0.1, 0.15) is 0 Å². The van der Waals surface area contributed by atoms with Crippen molar-refractivity contribution >= 4 is 28.8 Å². The van der Waals surface area contributed by atoms with Crippen molar-refractivity contribution in [3.63, 3.8) is 0 Å². The molecular formula is C48H31F5Si. The fourth-order valence-electron chi connectivity index (χ4n) is 7.40. The standard InChI is InChI=1S/C48H31F5Si/c49-39-26-37(27-40(50)30-39)34-12-20-44(21-13-34)54(43-18-10-33(11-19-43)32-6-2-1-3-7-32,46-24-16-36(17-25-46)47-8-4-5-9-48(47)53)45-22-14-35(15-23-45)38-28-41(51)31-42(52)29-38/h1-31H. The highest BCUT2D eigenvalue weighted by molar-refractivity contribution is 7.19. The van der Waals surface area contributed by atoms with E-state index in [1.54, 1.807) is 18.2 Å². The number of hydrogen-bond donors (Lipinski definition) is 0. The largest absolute Gasteiger partial charge is 0.207 e. The Bertz CT molecular complexity index is 2430. The van der Waals surface area contributed by atoms with E-state index in [9.17, 15) is 22.0 Å². The summed E-state index contributed by atoms with van der Waals surface area (Å²) in [5.74, 6) is -2.97. The number of rotatable bonds is 8. The summed E-state index contributed by atoms with van der Waals surface area (Å²) in [6.07, 6.45) is 0. The molecule has 0 radical (unpaired) electrons. The third kappa shape index (κ3) is 6.68. The molecule has 0 aliphatic carbocycles. The van der Waals surface area contributed by atoms with Gasteiger partial charge in [0.15, 0.2) is 8.07 Å². The predicted octanol–water partition coefficient (Wildman–Crippen LogP) is 10.4. The molecule has 8 aromatic carbocycles. The summed E-state index contributed by atoms with van der Waals surface area (Å²) in [6.45, 7) is 0. The molecule has 0 spiro atoms. The van der Waals surface area contributed by atoms with Gasteiger partial charge in [-0.15, -0.1) is 0 Å². The van der Waals surface area contributed by atoms with E-state index in [0.717, 1.165) is 49.6 Å². The Morgan fingerprint density at radius 2 is 0.574 bits per heavy atom. The Kier molecular flexibility index (Phi) is 9.36. The van der Waals surface area contributed by atoms with Crippen LogP contribution in [0, 0.1) is 29.1 Å². The average Bonchev–Trinajstić information content (AvgIpc) is 3.19. The molecule has 0 amide bonds. The lowest BCUT2D eigenvalue weighted by Gasteiger charge is -2.35. The first-order chi connectivity index (χ1) is 26.3. The summed E-state index contributed by atoms with van der Waals surface area (Å²) in [5, 5.41) is 4.02. The Morgan fingerprint density at radius 1 is 0.259 bits per heavy atom. The van der Waals surface area contributed by atoms with Gasteiger partial charge >= 0.3 is 0 Å². The number of halogens is 5. The van der Waals surface area contributed by atoms with Gasteiger partial charge in [0, 0.05) is 17.7 Å². The first-order valence-corrected chi connectivity index (χ1v) is 19.4. The lowest BCUT2D eigenvalue weighted by molar-refractivity contribution is 0.583. The van der Waals surface area contributed by atoms with Crippen molar-refractivity contribution in [3.05, 3.63) is 217 Å². The van der Waals surface area contributed by atoms with Gasteiger partial charge in [0.25, 0.3) is 0 Å². The molecule has 0 fully saturated rings. The van der Waals surface area contributed by atoms with E-state index < -0.39 is 31.3 Å². The van der Waals surface area contributed by atoms with Gasteiger partial charge < -0.3 is 0 Å². The van der Waals surface area contributed by atoms with Gasteiger partial charge in [-0.25, -0.2) is 22.0 Å². The Morgan fingerprint density at radius 3 is 0.963 bits per heavy atom. The Labute approximate surface area is 311 Å². The van der Waals surface area contributed by atoms with E-state index in [-0.39, 0.29) is 5.82 Å². The number of benzene rings is 8. The van der Waals surface area contributed by atoms with Crippen molar-refractivity contribution in [2.45, 2.75) is 0 Å². The summed E-state index contributed by atoms with van der Waals surface area (Å²) in [6, 6.07) is 55.7. The molecule has 0 aliphatic rings. The highest BCUT2D eigenvalue weighted by Gasteiger charge is 2.41. The molecule has 6 heteroatoms. The van der Waals surface area contributed by atoms with E-state index >= 15 is 0 Å². The normalized spacial score (nSPS) is 11.4. The Balaban J connectivity index is 1.36. The molecule has 0 aromatic heterocycles. The SMILES string of the molecule is Fc1cc(F)cc(-c2ccc([Si](c3ccc(-c4ccccc4)cc3)(c3ccc(-c4cc(F)cc(F)c4)cc3)c3ccc(-c4ccccc4F)cc3)cc2)c1. The van der Waals surface area contributed by atoms with Crippen LogP contribution >= 0.6 is 0 Å². The van der Waals surface area contributed by atoms with E-state index in [4.69, 9.17) is 0 Å². The molecule has 8 aromatic rings. The van der Waals surface area contributed by atoms with Crippen molar-refractivity contribution in [2.24, 2.45) is 0 Å². The molecule has 54 heavy (non-hydrogen) atoms. The van der Waals surface area contributed by atoms with E-state index in [2.05, 4.69) is 36.4 Å². The summed E-state index contributed by atoms with van der Waals surface area (Å²) in [5.41, 5.74) is 5.47. The summed E-state index contributed by atoms with van der Waals surface area (Å²) in [4.78, 5) is 0. The second-order valence-electron chi connectivity index (χ2n) is 13.2. The minimum absolute atomic E-state index is 0.320. The van der Waals surface area contributed by atoms with Gasteiger partial charge in [-0.05, 0) is 90.0 Å². The third-order valence-corrected chi connectivity index (χ3v) is 14.8. The maximum atomic E-state index is 15.0. The van der Waals surface area contributed by atoms with Crippen LogP contribution in [0.4, 0.5) is 22.0 Å². The van der Waals surface area contributed by atoms with Crippen LogP contribution in [0.2, 0.25) is 0 Å². The fraction of sp³-hybridized carbons (Fsp3) is 0. The molecule has 0 saturated carbocycles. The molecular weight excluding hydrogens is 700 g/mol. The van der Waals surface area contributed by atoms with Crippen LogP contribution in [0.15, 0.2) is 188 Å². The van der Waals surface area contributed by atoms with Crippen LogP contribution in [0.5, 0.6) is 0 Å². The number of hydrogen-bond acceptors (Lipinski definition) is 0. The van der Waals surface area contributed by atoms with Crippen LogP contribution in [0.3, 0.4) is 0 Å². The van der Waals surface area contributed by atoms with E-state index in [0.29, 0.717) is 27.8 Å². The topological polar surface area (TPSA) is 0 Å². The van der Waals surface area contributed by atoms with Crippen LogP contribution in [-0.2, 0) is 0 Å². The van der Waals surface area contributed by atoms with E-state index in [1.165, 1.54) is 30.3 Å². The van der Waals surface area contributed by atoms with E-state index in [1.807, 2.05) is 91.0 Å². The molecule has 8 rings (SSSR count). The Hall–Kier alpha value is -6.37. The van der Waals surface area contributed by atoms with Crippen molar-refractivity contribution in [1.82, 2.24) is 0 Å². The lowest BCUT2D eigenvalue weighted by atomic mass is 10.1. The minimum atomic E-state index is -3.24. The fourth-order valence-corrected chi connectivity index (χ4v) is 12.1. The van der Waals surface area contributed by atoms with Gasteiger partial charge in [0.1, 0.15) is 29.1 Å². The monoisotopic (exact) mass is 730 g/mol. The average molecular weight is 731 g/mol. The van der Waals surface area contributed by atoms with Crippen molar-refractivity contribution < 1.29 is 22.0 Å². The third-order valence-electron chi connectivity index (χ3n) is 9.96. The molecule has 262 valence electrons. The molecule has 0 unspecified atom stereocenters. The molecule has 0 heterocycles. The maximum absolute atomic E-state index is 15.0. The van der Waals surface area contributed by atoms with Gasteiger partial charge in [-0.2, -0.15) is 0 Å². The van der Waals surface area contributed by atoms with Gasteiger partial charge in [-0.3, -0.25) is 0 Å². The smallest absolute Gasteiger partial charge is 0.179 e. The van der Waals surface area contributed by atoms with Crippen LogP contribution < -0.4 is 20.7 Å². The molecule has 0 N–H and O–H groups in total. The first kappa shape index (κ1) is 34.7. The highest BCUT2D eigenvalue weighted by Crippen LogP contribution is 2.26. The molecule has 0 aliphatic heterocycles. The molecule has 0 bridgehead atoms. The van der Waals surface area contributed by atoms with Crippen LogP contribution in [-0.4, -0.2) is 8.07 Å². The van der Waals surface area contributed by atoms with Gasteiger partial charge in [-0.1, -0.05) is 146 Å². The van der Waals surface area contributed by atoms with Gasteiger partial charge in [0.2, 0.25) is 0 Å². The zero-order valence-electron chi connectivity index (χ0n) is 28.8. The minimum Gasteiger partial charge on any atom is -0.207 e. The summed E-state index contributed by atoms with van der Waals surface area (Å²) in [7, 11) is -3.24. The summed E-state index contributed by atoms with van der Waals surface area (Å²) < 4.78 is 72.1. The summed E-state index contributed by atoms with van der Waals surface area (Å²) >= 11 is 0. The molecule has 0 atom stereocenters. The van der Waals surface area contributed by atoms with Gasteiger partial charge in [0.05, 0.1) is 0 Å². The maximum Gasteiger partial charge on any atom is 0.179 e. The zero-order chi connectivity index (χ0) is 37.2. The first-order valence-electron chi connectivity index (χ1n) is 17.4. The highest BCUT2D eigenvalue weighted by atomic mass is 28.3. The van der Waals surface area contributed by atoms with Crippen molar-refractivity contribution in [1.29, 1.82) is 0 Å². The molecule has 0 saturated heterocycles. The molecule has 0 nitrogen and oxygen atoms in total. The second kappa shape index (κ2) is 14.6. The predicted molar refractivity (Wildman–Crippen MR) is 212 cm³/mol. The second-order valence-corrected chi connectivity index (χ2v) is 17.0. The van der Waals surface area contributed by atoms with Crippen molar-refractivity contribution in [2.75, 3.05) is 0 Å². The quantitative estimate of drug-likeness (QED) is 0.0830. The van der Waals surface area contributed by atoms with Crippen molar-refractivity contribution in [3.8, 4) is 44.5 Å². The zero-order valence-corrected chi connectivity index (χ0v) is 29.8.